The first-order valence-corrected chi connectivity index (χ1v) is 16.5. The SMILES string of the molecule is c1ccc(-n2c3ccccc3c3c4cccc5c4n(c32)-c2ccc(-n3c4ccccc4c4cc6ccccc6cc43)cc2S5)cc1. The fraction of sp³-hybridized carbons (Fsp3) is 0. The van der Waals surface area contributed by atoms with Crippen molar-refractivity contribution in [2.45, 2.75) is 9.79 Å². The van der Waals surface area contributed by atoms with E-state index in [1.165, 1.54) is 92.3 Å². The maximum absolute atomic E-state index is 2.52. The third-order valence-electron chi connectivity index (χ3n) is 9.77. The molecule has 0 amide bonds. The van der Waals surface area contributed by atoms with E-state index in [4.69, 9.17) is 0 Å². The average molecular weight is 604 g/mol. The zero-order chi connectivity index (χ0) is 29.9. The lowest BCUT2D eigenvalue weighted by Crippen LogP contribution is -2.06. The Morgan fingerprint density at radius 3 is 1.93 bits per heavy atom. The Bertz CT molecular complexity index is 2890. The minimum atomic E-state index is 1.17. The summed E-state index contributed by atoms with van der Waals surface area (Å²) >= 11 is 1.88. The summed E-state index contributed by atoms with van der Waals surface area (Å²) in [4.78, 5) is 2.54. The van der Waals surface area contributed by atoms with Gasteiger partial charge in [-0.3, -0.25) is 9.13 Å². The van der Waals surface area contributed by atoms with Crippen LogP contribution in [0.5, 0.6) is 0 Å². The first kappa shape index (κ1) is 24.6. The van der Waals surface area contributed by atoms with Gasteiger partial charge in [0.15, 0.2) is 0 Å². The van der Waals surface area contributed by atoms with Gasteiger partial charge >= 0.3 is 0 Å². The summed E-state index contributed by atoms with van der Waals surface area (Å²) in [5, 5.41) is 8.98. The third kappa shape index (κ3) is 3.14. The van der Waals surface area contributed by atoms with Gasteiger partial charge in [0.05, 0.1) is 27.8 Å². The van der Waals surface area contributed by atoms with Gasteiger partial charge in [0.1, 0.15) is 5.65 Å². The first-order chi connectivity index (χ1) is 22.8. The van der Waals surface area contributed by atoms with Crippen LogP contribution in [0.4, 0.5) is 0 Å². The highest BCUT2D eigenvalue weighted by atomic mass is 32.2. The largest absolute Gasteiger partial charge is 0.309 e. The molecule has 3 nitrogen and oxygen atoms in total. The monoisotopic (exact) mass is 603 g/mol. The van der Waals surface area contributed by atoms with Crippen molar-refractivity contribution in [3.8, 4) is 17.1 Å². The maximum atomic E-state index is 2.52. The molecule has 0 aliphatic carbocycles. The van der Waals surface area contributed by atoms with Crippen molar-refractivity contribution in [3.05, 3.63) is 152 Å². The molecule has 0 N–H and O–H groups in total. The number of rotatable bonds is 2. The fourth-order valence-corrected chi connectivity index (χ4v) is 9.00. The Morgan fingerprint density at radius 1 is 0.391 bits per heavy atom. The van der Waals surface area contributed by atoms with Gasteiger partial charge in [-0.1, -0.05) is 103 Å². The summed E-state index contributed by atoms with van der Waals surface area (Å²) in [5.74, 6) is 0. The summed E-state index contributed by atoms with van der Waals surface area (Å²) in [6, 6.07) is 55.6. The minimum Gasteiger partial charge on any atom is -0.309 e. The molecular weight excluding hydrogens is 579 g/mol. The van der Waals surface area contributed by atoms with E-state index in [9.17, 15) is 0 Å². The van der Waals surface area contributed by atoms with Crippen LogP contribution in [-0.4, -0.2) is 13.7 Å². The number of aromatic nitrogens is 3. The van der Waals surface area contributed by atoms with Gasteiger partial charge in [0, 0.05) is 48.1 Å². The number of hydrogen-bond donors (Lipinski definition) is 0. The fourth-order valence-electron chi connectivity index (χ4n) is 7.88. The van der Waals surface area contributed by atoms with E-state index in [0.717, 1.165) is 0 Å². The van der Waals surface area contributed by atoms with Crippen LogP contribution in [0, 0.1) is 0 Å². The quantitative estimate of drug-likeness (QED) is 0.192. The van der Waals surface area contributed by atoms with Crippen LogP contribution in [0.2, 0.25) is 0 Å². The predicted molar refractivity (Wildman–Crippen MR) is 194 cm³/mol. The van der Waals surface area contributed by atoms with Crippen LogP contribution in [0.25, 0.3) is 82.5 Å². The van der Waals surface area contributed by atoms with Gasteiger partial charge < -0.3 is 4.57 Å². The molecule has 1 aliphatic heterocycles. The van der Waals surface area contributed by atoms with E-state index in [-0.39, 0.29) is 0 Å². The molecule has 11 rings (SSSR count). The highest BCUT2D eigenvalue weighted by Crippen LogP contribution is 2.50. The van der Waals surface area contributed by atoms with Crippen molar-refractivity contribution in [1.82, 2.24) is 13.7 Å². The molecule has 4 heterocycles. The predicted octanol–water partition coefficient (Wildman–Crippen LogP) is 11.4. The van der Waals surface area contributed by atoms with E-state index < -0.39 is 0 Å². The van der Waals surface area contributed by atoms with Crippen molar-refractivity contribution in [2.24, 2.45) is 0 Å². The molecule has 46 heavy (non-hydrogen) atoms. The third-order valence-corrected chi connectivity index (χ3v) is 10.9. The molecule has 214 valence electrons. The van der Waals surface area contributed by atoms with Crippen molar-refractivity contribution in [2.75, 3.05) is 0 Å². The molecule has 0 fully saturated rings. The summed E-state index contributed by atoms with van der Waals surface area (Å²) in [5.41, 5.74) is 9.75. The van der Waals surface area contributed by atoms with Crippen LogP contribution in [0.1, 0.15) is 0 Å². The lowest BCUT2D eigenvalue weighted by atomic mass is 10.1. The van der Waals surface area contributed by atoms with Gasteiger partial charge in [-0.25, -0.2) is 0 Å². The Balaban J connectivity index is 1.23. The van der Waals surface area contributed by atoms with Crippen LogP contribution < -0.4 is 0 Å². The molecule has 0 saturated heterocycles. The number of fused-ring (bicyclic) bond motifs is 11. The van der Waals surface area contributed by atoms with Crippen molar-refractivity contribution in [1.29, 1.82) is 0 Å². The normalized spacial score (nSPS) is 12.7. The molecule has 1 aliphatic rings. The van der Waals surface area contributed by atoms with Gasteiger partial charge in [0.25, 0.3) is 0 Å². The molecule has 0 spiro atoms. The lowest BCUT2D eigenvalue weighted by Gasteiger charge is -2.22. The smallest absolute Gasteiger partial charge is 0.131 e. The summed E-state index contributed by atoms with van der Waals surface area (Å²) in [6.07, 6.45) is 0. The van der Waals surface area contributed by atoms with E-state index in [0.29, 0.717) is 0 Å². The Morgan fingerprint density at radius 2 is 1.09 bits per heavy atom. The van der Waals surface area contributed by atoms with E-state index in [2.05, 4.69) is 165 Å². The second-order valence-electron chi connectivity index (χ2n) is 12.2. The Hall–Kier alpha value is -5.71. The minimum absolute atomic E-state index is 1.17. The number of hydrogen-bond acceptors (Lipinski definition) is 1. The lowest BCUT2D eigenvalue weighted by molar-refractivity contribution is 1.02. The van der Waals surface area contributed by atoms with Gasteiger partial charge in [-0.15, -0.1) is 0 Å². The zero-order valence-corrected chi connectivity index (χ0v) is 25.5. The standard InChI is InChI=1S/C42H25N3S/c1-2-13-28(14-3-1)44-35-19-9-7-16-31(35)40-32-17-10-20-38-41(32)45(42(40)44)36-22-21-29(25-39(36)46-38)43-34-18-8-6-15-30(34)33-23-26-11-4-5-12-27(26)24-37(33)43/h1-25H. The van der Waals surface area contributed by atoms with Crippen molar-refractivity contribution < 1.29 is 0 Å². The molecule has 0 atom stereocenters. The Labute approximate surface area is 268 Å². The molecule has 0 unspecified atom stereocenters. The second-order valence-corrected chi connectivity index (χ2v) is 13.3. The molecule has 0 saturated carbocycles. The maximum Gasteiger partial charge on any atom is 0.131 e. The molecule has 3 aromatic heterocycles. The highest BCUT2D eigenvalue weighted by Gasteiger charge is 2.28. The van der Waals surface area contributed by atoms with Crippen molar-refractivity contribution >= 4 is 77.2 Å². The van der Waals surface area contributed by atoms with Crippen LogP contribution >= 0.6 is 11.8 Å². The summed E-state index contributed by atoms with van der Waals surface area (Å²) < 4.78 is 7.41. The number of para-hydroxylation sites is 4. The Kier molecular flexibility index (Phi) is 4.78. The molecule has 4 heteroatoms. The molecule has 0 radical (unpaired) electrons. The van der Waals surface area contributed by atoms with Crippen LogP contribution in [0.15, 0.2) is 161 Å². The van der Waals surface area contributed by atoms with E-state index in [1.807, 2.05) is 11.8 Å². The number of benzene rings is 7. The summed E-state index contributed by atoms with van der Waals surface area (Å²) in [6.45, 7) is 0. The number of nitrogens with zero attached hydrogens (tertiary/aromatic N) is 3. The van der Waals surface area contributed by atoms with Crippen LogP contribution in [-0.2, 0) is 0 Å². The van der Waals surface area contributed by atoms with E-state index >= 15 is 0 Å². The second kappa shape index (κ2) is 8.94. The average Bonchev–Trinajstić information content (AvgIpc) is 3.74. The van der Waals surface area contributed by atoms with Crippen molar-refractivity contribution in [3.63, 3.8) is 0 Å². The van der Waals surface area contributed by atoms with Gasteiger partial charge in [0.2, 0.25) is 0 Å². The van der Waals surface area contributed by atoms with Crippen LogP contribution in [0.3, 0.4) is 0 Å². The topological polar surface area (TPSA) is 14.8 Å². The molecule has 7 aromatic carbocycles. The van der Waals surface area contributed by atoms with Gasteiger partial charge in [-0.05, 0) is 71.4 Å². The molecular formula is C42H25N3S. The zero-order valence-electron chi connectivity index (χ0n) is 24.7. The first-order valence-electron chi connectivity index (χ1n) is 15.7. The molecule has 10 aromatic rings. The summed E-state index contributed by atoms with van der Waals surface area (Å²) in [7, 11) is 0. The highest BCUT2D eigenvalue weighted by molar-refractivity contribution is 7.99. The molecule has 0 bridgehead atoms. The van der Waals surface area contributed by atoms with E-state index in [1.54, 1.807) is 0 Å². The van der Waals surface area contributed by atoms with Gasteiger partial charge in [-0.2, -0.15) is 0 Å².